The molecule has 0 unspecified atom stereocenters. The minimum Gasteiger partial charge on any atom is -0.370 e. The lowest BCUT2D eigenvalue weighted by molar-refractivity contribution is 0.601. The van der Waals surface area contributed by atoms with Crippen molar-refractivity contribution < 1.29 is 8.42 Å². The molecule has 0 amide bonds. The normalized spacial score (nSPS) is 11.2. The summed E-state index contributed by atoms with van der Waals surface area (Å²) < 4.78 is 27.3. The zero-order valence-electron chi connectivity index (χ0n) is 12.3. The summed E-state index contributed by atoms with van der Waals surface area (Å²) in [6.07, 6.45) is 1.35. The number of anilines is 2. The molecule has 112 valence electrons. The van der Waals surface area contributed by atoms with Crippen molar-refractivity contribution in [1.82, 2.24) is 4.98 Å². The molecule has 1 heterocycles. The van der Waals surface area contributed by atoms with Crippen molar-refractivity contribution in [3.8, 4) is 0 Å². The van der Waals surface area contributed by atoms with Crippen LogP contribution in [0.5, 0.6) is 0 Å². The Kier molecular flexibility index (Phi) is 4.47. The minimum absolute atomic E-state index is 0.144. The van der Waals surface area contributed by atoms with Gasteiger partial charge in [0.1, 0.15) is 10.7 Å². The Morgan fingerprint density at radius 2 is 1.90 bits per heavy atom. The Labute approximate surface area is 125 Å². The van der Waals surface area contributed by atoms with E-state index in [0.29, 0.717) is 11.5 Å². The first kappa shape index (κ1) is 15.3. The summed E-state index contributed by atoms with van der Waals surface area (Å²) in [7, 11) is -3.62. The lowest BCUT2D eigenvalue weighted by atomic mass is 10.1. The van der Waals surface area contributed by atoms with Gasteiger partial charge in [0.2, 0.25) is 0 Å². The first-order valence-corrected chi connectivity index (χ1v) is 8.20. The molecule has 0 saturated heterocycles. The number of hydrogen-bond acceptors (Lipinski definition) is 4. The lowest BCUT2D eigenvalue weighted by Crippen LogP contribution is -2.14. The van der Waals surface area contributed by atoms with Crippen LogP contribution in [0.25, 0.3) is 0 Å². The van der Waals surface area contributed by atoms with E-state index in [1.807, 2.05) is 39.0 Å². The van der Waals surface area contributed by atoms with Crippen LogP contribution in [0.4, 0.5) is 11.5 Å². The highest BCUT2D eigenvalue weighted by atomic mass is 32.2. The number of nitrogens with one attached hydrogen (secondary N) is 2. The van der Waals surface area contributed by atoms with Gasteiger partial charge < -0.3 is 5.32 Å². The molecule has 6 heteroatoms. The van der Waals surface area contributed by atoms with Gasteiger partial charge in [0.15, 0.2) is 0 Å². The zero-order valence-corrected chi connectivity index (χ0v) is 13.2. The molecule has 0 aliphatic rings. The van der Waals surface area contributed by atoms with E-state index >= 15 is 0 Å². The monoisotopic (exact) mass is 305 g/mol. The van der Waals surface area contributed by atoms with Crippen LogP contribution >= 0.6 is 0 Å². The average Bonchev–Trinajstić information content (AvgIpc) is 2.44. The van der Waals surface area contributed by atoms with Crippen molar-refractivity contribution in [2.24, 2.45) is 0 Å². The maximum absolute atomic E-state index is 12.4. The molecule has 2 rings (SSSR count). The summed E-state index contributed by atoms with van der Waals surface area (Å²) in [6.45, 7) is 6.47. The topological polar surface area (TPSA) is 71.1 Å². The molecule has 0 spiro atoms. The molecule has 0 aliphatic heterocycles. The highest BCUT2D eigenvalue weighted by Gasteiger charge is 2.15. The fraction of sp³-hybridized carbons (Fsp3) is 0.267. The number of aromatic nitrogens is 1. The van der Waals surface area contributed by atoms with Gasteiger partial charge in [-0.3, -0.25) is 4.72 Å². The molecule has 0 aliphatic carbocycles. The predicted octanol–water partition coefficient (Wildman–Crippen LogP) is 2.93. The van der Waals surface area contributed by atoms with Crippen molar-refractivity contribution in [2.75, 3.05) is 16.6 Å². The molecule has 0 atom stereocenters. The highest BCUT2D eigenvalue weighted by molar-refractivity contribution is 7.92. The number of benzene rings is 1. The third-order valence-electron chi connectivity index (χ3n) is 3.04. The van der Waals surface area contributed by atoms with E-state index in [9.17, 15) is 8.42 Å². The molecular formula is C15H19N3O2S. The van der Waals surface area contributed by atoms with E-state index < -0.39 is 10.0 Å². The van der Waals surface area contributed by atoms with Gasteiger partial charge in [-0.05, 0) is 50.1 Å². The van der Waals surface area contributed by atoms with Crippen LogP contribution in [0.3, 0.4) is 0 Å². The van der Waals surface area contributed by atoms with Crippen molar-refractivity contribution in [3.05, 3.63) is 47.7 Å². The molecule has 1 aromatic carbocycles. The van der Waals surface area contributed by atoms with Crippen molar-refractivity contribution in [2.45, 2.75) is 25.7 Å². The quantitative estimate of drug-likeness (QED) is 0.891. The molecule has 0 fully saturated rings. The Bertz CT molecular complexity index is 725. The molecular weight excluding hydrogens is 286 g/mol. The van der Waals surface area contributed by atoms with Crippen LogP contribution in [0.2, 0.25) is 0 Å². The molecule has 0 radical (unpaired) electrons. The fourth-order valence-electron chi connectivity index (χ4n) is 1.87. The molecule has 2 N–H and O–H groups in total. The summed E-state index contributed by atoms with van der Waals surface area (Å²) in [5.41, 5.74) is 2.46. The number of nitrogens with zero attached hydrogens (tertiary/aromatic N) is 1. The smallest absolute Gasteiger partial charge is 0.263 e. The number of pyridine rings is 1. The Balaban J connectivity index is 2.27. The third-order valence-corrected chi connectivity index (χ3v) is 4.39. The molecule has 0 saturated carbocycles. The summed E-state index contributed by atoms with van der Waals surface area (Å²) in [6, 6.07) is 8.84. The van der Waals surface area contributed by atoms with Crippen LogP contribution in [-0.2, 0) is 10.0 Å². The molecule has 1 aromatic heterocycles. The second-order valence-electron chi connectivity index (χ2n) is 4.83. The van der Waals surface area contributed by atoms with Gasteiger partial charge >= 0.3 is 0 Å². The number of sulfonamides is 1. The second-order valence-corrected chi connectivity index (χ2v) is 6.52. The van der Waals surface area contributed by atoms with E-state index in [-0.39, 0.29) is 4.90 Å². The van der Waals surface area contributed by atoms with Gasteiger partial charge in [0.25, 0.3) is 10.0 Å². The molecule has 0 bridgehead atoms. The summed E-state index contributed by atoms with van der Waals surface area (Å²) >= 11 is 0. The molecule has 5 nitrogen and oxygen atoms in total. The maximum Gasteiger partial charge on any atom is 0.263 e. The van der Waals surface area contributed by atoms with Crippen molar-refractivity contribution in [3.63, 3.8) is 0 Å². The van der Waals surface area contributed by atoms with E-state index in [0.717, 1.165) is 17.7 Å². The molecule has 21 heavy (non-hydrogen) atoms. The standard InChI is InChI=1S/C15H19N3O2S/c1-4-16-15-8-7-13(10-17-15)21(19,20)18-14-9-11(2)5-6-12(14)3/h5-10,18H,4H2,1-3H3,(H,16,17). The SMILES string of the molecule is CCNc1ccc(S(=O)(=O)Nc2cc(C)ccc2C)cn1. The maximum atomic E-state index is 12.4. The van der Waals surface area contributed by atoms with Crippen LogP contribution in [0, 0.1) is 13.8 Å². The summed E-state index contributed by atoms with van der Waals surface area (Å²) in [5.74, 6) is 0.656. The summed E-state index contributed by atoms with van der Waals surface area (Å²) in [4.78, 5) is 4.23. The third kappa shape index (κ3) is 3.72. The van der Waals surface area contributed by atoms with Crippen LogP contribution in [0.15, 0.2) is 41.4 Å². The van der Waals surface area contributed by atoms with Crippen LogP contribution in [-0.4, -0.2) is 19.9 Å². The van der Waals surface area contributed by atoms with Gasteiger partial charge in [-0.1, -0.05) is 12.1 Å². The van der Waals surface area contributed by atoms with Gasteiger partial charge in [0, 0.05) is 12.7 Å². The van der Waals surface area contributed by atoms with E-state index in [2.05, 4.69) is 15.0 Å². The van der Waals surface area contributed by atoms with Gasteiger partial charge in [-0.25, -0.2) is 13.4 Å². The van der Waals surface area contributed by atoms with Crippen LogP contribution < -0.4 is 10.0 Å². The Morgan fingerprint density at radius 3 is 2.52 bits per heavy atom. The van der Waals surface area contributed by atoms with Crippen LogP contribution in [0.1, 0.15) is 18.1 Å². The van der Waals surface area contributed by atoms with E-state index in [1.165, 1.54) is 6.20 Å². The van der Waals surface area contributed by atoms with Gasteiger partial charge in [0.05, 0.1) is 5.69 Å². The van der Waals surface area contributed by atoms with E-state index in [1.54, 1.807) is 12.1 Å². The first-order valence-electron chi connectivity index (χ1n) is 6.72. The fourth-order valence-corrected chi connectivity index (χ4v) is 2.94. The average molecular weight is 305 g/mol. The van der Waals surface area contributed by atoms with E-state index in [4.69, 9.17) is 0 Å². The highest BCUT2D eigenvalue weighted by Crippen LogP contribution is 2.21. The van der Waals surface area contributed by atoms with Gasteiger partial charge in [-0.15, -0.1) is 0 Å². The largest absolute Gasteiger partial charge is 0.370 e. The summed E-state index contributed by atoms with van der Waals surface area (Å²) in [5, 5.41) is 3.03. The predicted molar refractivity (Wildman–Crippen MR) is 85.1 cm³/mol. The molecule has 2 aromatic rings. The number of aryl methyl sites for hydroxylation is 2. The Hall–Kier alpha value is -2.08. The number of hydrogen-bond donors (Lipinski definition) is 2. The first-order chi connectivity index (χ1) is 9.92. The minimum atomic E-state index is -3.62. The number of rotatable bonds is 5. The zero-order chi connectivity index (χ0) is 15.5. The van der Waals surface area contributed by atoms with Gasteiger partial charge in [-0.2, -0.15) is 0 Å². The second kappa shape index (κ2) is 6.13. The lowest BCUT2D eigenvalue weighted by Gasteiger charge is -2.11. The van der Waals surface area contributed by atoms with Crippen molar-refractivity contribution in [1.29, 1.82) is 0 Å². The Morgan fingerprint density at radius 1 is 1.14 bits per heavy atom. The van der Waals surface area contributed by atoms with Crippen molar-refractivity contribution >= 4 is 21.5 Å².